The van der Waals surface area contributed by atoms with E-state index in [0.29, 0.717) is 12.8 Å². The molecular weight excluding hydrogens is 1140 g/mol. The molecule has 3 aliphatic heterocycles. The SMILES string of the molecule is CC/C=C\C/C=C\C/C=C\C/C=C\C/C=C\CCCCCCCCCCCCCCCCCCCCCC(=O)NC(COC1OC(CO)C(OC2OC(CO)C(OC3OC(CO)C(O)C(O)C3O)C(O)C2O)C(O)C1O)C(O)CCCCCCCCCCC. The Morgan fingerprint density at radius 1 is 0.416 bits per heavy atom. The number of allylic oxidation sites excluding steroid dienone is 10. The number of hydrogen-bond acceptors (Lipinski definition) is 18. The molecule has 3 rings (SSSR count). The highest BCUT2D eigenvalue weighted by Gasteiger charge is 2.53. The summed E-state index contributed by atoms with van der Waals surface area (Å²) in [5.74, 6) is -0.244. The molecule has 0 aromatic rings. The summed E-state index contributed by atoms with van der Waals surface area (Å²) in [5.41, 5.74) is 0. The van der Waals surface area contributed by atoms with Crippen LogP contribution in [0.3, 0.4) is 0 Å². The fraction of sp³-hybridized carbons (Fsp3) is 0.843. The molecule has 0 aliphatic carbocycles. The van der Waals surface area contributed by atoms with Gasteiger partial charge in [0.05, 0.1) is 38.6 Å². The van der Waals surface area contributed by atoms with Crippen molar-refractivity contribution < 1.29 is 89.4 Å². The van der Waals surface area contributed by atoms with Crippen molar-refractivity contribution in [2.75, 3.05) is 26.4 Å². The molecule has 1 amide bonds. The minimum absolute atomic E-state index is 0.244. The number of ether oxygens (including phenoxy) is 6. The molecule has 518 valence electrons. The summed E-state index contributed by atoms with van der Waals surface area (Å²) in [6.07, 6.45) is 36.3. The van der Waals surface area contributed by atoms with Gasteiger partial charge in [-0.3, -0.25) is 4.79 Å². The Balaban J connectivity index is 1.30. The van der Waals surface area contributed by atoms with Gasteiger partial charge in [-0.1, -0.05) is 242 Å². The highest BCUT2D eigenvalue weighted by atomic mass is 16.8. The summed E-state index contributed by atoms with van der Waals surface area (Å²) in [6, 6.07) is -0.885. The van der Waals surface area contributed by atoms with Crippen LogP contribution in [0.5, 0.6) is 0 Å². The number of rotatable bonds is 53. The highest BCUT2D eigenvalue weighted by molar-refractivity contribution is 5.76. The van der Waals surface area contributed by atoms with Crippen LogP contribution in [-0.2, 0) is 33.2 Å². The van der Waals surface area contributed by atoms with Crippen LogP contribution >= 0.6 is 0 Å². The second kappa shape index (κ2) is 51.8. The lowest BCUT2D eigenvalue weighted by Crippen LogP contribution is -2.66. The standard InChI is InChI=1S/C70H125NO18/c1-3-5-7-9-11-13-14-15-16-17-18-19-20-21-22-23-24-25-26-27-28-29-30-31-32-33-34-35-36-37-38-40-42-44-46-48-58(76)71-53(54(75)47-45-43-41-39-12-10-8-6-4-2)52-84-68-64(82)61(79)66(56(50-73)86-68)89-70-65(83)62(80)67(57(51-74)87-70)88-69-63(81)60(78)59(77)55(49-72)85-69/h5,7,11,13,15-16,18-19,21-22,53-57,59-70,72-75,77-83H,3-4,6,8-10,12,14,17,20,23-52H2,1-2H3,(H,71,76)/b7-5-,13-11-,16-15-,19-18-,22-21-. The van der Waals surface area contributed by atoms with Crippen LogP contribution in [0.4, 0.5) is 0 Å². The smallest absolute Gasteiger partial charge is 0.220 e. The summed E-state index contributed by atoms with van der Waals surface area (Å²) in [7, 11) is 0. The first-order chi connectivity index (χ1) is 43.3. The van der Waals surface area contributed by atoms with Crippen molar-refractivity contribution in [1.82, 2.24) is 5.32 Å². The molecule has 17 unspecified atom stereocenters. The number of nitrogens with one attached hydrogen (secondary N) is 1. The molecule has 12 N–H and O–H groups in total. The first kappa shape index (κ1) is 80.7. The average molecular weight is 1270 g/mol. The molecule has 0 spiro atoms. The zero-order valence-electron chi connectivity index (χ0n) is 54.6. The van der Waals surface area contributed by atoms with E-state index in [0.717, 1.165) is 77.0 Å². The van der Waals surface area contributed by atoms with Crippen molar-refractivity contribution in [3.63, 3.8) is 0 Å². The van der Waals surface area contributed by atoms with E-state index in [-0.39, 0.29) is 18.9 Å². The highest BCUT2D eigenvalue weighted by Crippen LogP contribution is 2.33. The fourth-order valence-electron chi connectivity index (χ4n) is 11.7. The second-order valence-electron chi connectivity index (χ2n) is 25.0. The summed E-state index contributed by atoms with van der Waals surface area (Å²) in [4.78, 5) is 13.4. The number of carbonyl (C=O) groups is 1. The quantitative estimate of drug-likeness (QED) is 0.0199. The minimum atomic E-state index is -1.97. The molecular formula is C70H125NO18. The Labute approximate surface area is 535 Å². The summed E-state index contributed by atoms with van der Waals surface area (Å²) in [6.45, 7) is 1.65. The zero-order valence-corrected chi connectivity index (χ0v) is 54.6. The molecule has 3 saturated heterocycles. The Hall–Kier alpha value is -2.51. The summed E-state index contributed by atoms with van der Waals surface area (Å²) >= 11 is 0. The number of hydrogen-bond donors (Lipinski definition) is 12. The fourth-order valence-corrected chi connectivity index (χ4v) is 11.7. The van der Waals surface area contributed by atoms with Gasteiger partial charge in [-0.05, 0) is 57.8 Å². The van der Waals surface area contributed by atoms with Gasteiger partial charge in [0.2, 0.25) is 5.91 Å². The number of unbranched alkanes of at least 4 members (excludes halogenated alkanes) is 27. The van der Waals surface area contributed by atoms with Crippen molar-refractivity contribution in [1.29, 1.82) is 0 Å². The van der Waals surface area contributed by atoms with Crippen LogP contribution in [0.2, 0.25) is 0 Å². The van der Waals surface area contributed by atoms with Crippen LogP contribution in [0.1, 0.15) is 245 Å². The number of carbonyl (C=O) groups excluding carboxylic acids is 1. The van der Waals surface area contributed by atoms with E-state index in [4.69, 9.17) is 28.4 Å². The molecule has 3 aliphatic rings. The van der Waals surface area contributed by atoms with Crippen molar-refractivity contribution in [3.8, 4) is 0 Å². The van der Waals surface area contributed by atoms with Gasteiger partial charge < -0.3 is 89.9 Å². The van der Waals surface area contributed by atoms with E-state index >= 15 is 0 Å². The maximum absolute atomic E-state index is 13.4. The van der Waals surface area contributed by atoms with Crippen LogP contribution in [0, 0.1) is 0 Å². The molecule has 0 aromatic heterocycles. The molecule has 19 nitrogen and oxygen atoms in total. The van der Waals surface area contributed by atoms with E-state index < -0.39 is 124 Å². The van der Waals surface area contributed by atoms with E-state index in [9.17, 15) is 61.0 Å². The molecule has 0 saturated carbocycles. The Bertz CT molecular complexity index is 1850. The lowest BCUT2D eigenvalue weighted by Gasteiger charge is -2.48. The Morgan fingerprint density at radius 2 is 0.775 bits per heavy atom. The number of amides is 1. The van der Waals surface area contributed by atoms with Gasteiger partial charge in [-0.15, -0.1) is 0 Å². The second-order valence-corrected chi connectivity index (χ2v) is 25.0. The van der Waals surface area contributed by atoms with Gasteiger partial charge >= 0.3 is 0 Å². The van der Waals surface area contributed by atoms with Crippen molar-refractivity contribution >= 4 is 5.91 Å². The molecule has 0 aromatic carbocycles. The number of aliphatic hydroxyl groups excluding tert-OH is 11. The van der Waals surface area contributed by atoms with Crippen LogP contribution in [0.25, 0.3) is 0 Å². The molecule has 0 bridgehead atoms. The average Bonchev–Trinajstić information content (AvgIpc) is 1.40. The van der Waals surface area contributed by atoms with Gasteiger partial charge in [0.25, 0.3) is 0 Å². The molecule has 0 radical (unpaired) electrons. The van der Waals surface area contributed by atoms with E-state index in [2.05, 4.69) is 79.9 Å². The maximum Gasteiger partial charge on any atom is 0.220 e. The maximum atomic E-state index is 13.4. The molecule has 3 heterocycles. The summed E-state index contributed by atoms with van der Waals surface area (Å²) in [5, 5.41) is 120. The van der Waals surface area contributed by atoms with Gasteiger partial charge in [0.15, 0.2) is 18.9 Å². The lowest BCUT2D eigenvalue weighted by atomic mass is 9.96. The molecule has 19 heteroatoms. The lowest BCUT2D eigenvalue weighted by molar-refractivity contribution is -0.379. The molecule has 17 atom stereocenters. The van der Waals surface area contributed by atoms with Gasteiger partial charge in [0.1, 0.15) is 73.2 Å². The molecule has 89 heavy (non-hydrogen) atoms. The Kier molecular flexibility index (Phi) is 47.0. The Morgan fingerprint density at radius 3 is 1.21 bits per heavy atom. The first-order valence-electron chi connectivity index (χ1n) is 35.0. The third-order valence-corrected chi connectivity index (χ3v) is 17.4. The largest absolute Gasteiger partial charge is 0.394 e. The summed E-state index contributed by atoms with van der Waals surface area (Å²) < 4.78 is 34.3. The minimum Gasteiger partial charge on any atom is -0.394 e. The van der Waals surface area contributed by atoms with Gasteiger partial charge in [-0.25, -0.2) is 0 Å². The third-order valence-electron chi connectivity index (χ3n) is 17.4. The van der Waals surface area contributed by atoms with Crippen molar-refractivity contribution in [2.45, 2.75) is 349 Å². The van der Waals surface area contributed by atoms with E-state index in [1.54, 1.807) is 0 Å². The topological polar surface area (TPSA) is 307 Å². The predicted octanol–water partition coefficient (Wildman–Crippen LogP) is 9.16. The van der Waals surface area contributed by atoms with Crippen molar-refractivity contribution in [2.24, 2.45) is 0 Å². The normalized spacial score (nSPS) is 28.6. The predicted molar refractivity (Wildman–Crippen MR) is 346 cm³/mol. The first-order valence-corrected chi connectivity index (χ1v) is 35.0. The van der Waals surface area contributed by atoms with Gasteiger partial charge in [0, 0.05) is 6.42 Å². The van der Waals surface area contributed by atoms with Crippen molar-refractivity contribution in [3.05, 3.63) is 60.8 Å². The van der Waals surface area contributed by atoms with Gasteiger partial charge in [-0.2, -0.15) is 0 Å². The van der Waals surface area contributed by atoms with Crippen LogP contribution < -0.4 is 5.32 Å². The van der Waals surface area contributed by atoms with E-state index in [1.807, 2.05) is 0 Å². The van der Waals surface area contributed by atoms with E-state index in [1.165, 1.54) is 135 Å². The monoisotopic (exact) mass is 1270 g/mol. The molecule has 3 fully saturated rings. The van der Waals surface area contributed by atoms with Crippen LogP contribution in [0.15, 0.2) is 60.8 Å². The number of aliphatic hydroxyl groups is 11. The van der Waals surface area contributed by atoms with Crippen LogP contribution in [-0.4, -0.2) is 193 Å². The third kappa shape index (κ3) is 33.9. The zero-order chi connectivity index (χ0) is 64.7.